The molecule has 0 spiro atoms. The quantitative estimate of drug-likeness (QED) is 0.541. The highest BCUT2D eigenvalue weighted by Crippen LogP contribution is 2.27. The SMILES string of the molecule is Oc1cc(F)c(NC2CC(c3ccc(-n4cccn4)cc3)NN2)cc1F. The molecule has 26 heavy (non-hydrogen) atoms. The van der Waals surface area contributed by atoms with Gasteiger partial charge in [-0.1, -0.05) is 12.1 Å². The first-order valence-electron chi connectivity index (χ1n) is 8.16. The summed E-state index contributed by atoms with van der Waals surface area (Å²) >= 11 is 0. The van der Waals surface area contributed by atoms with Gasteiger partial charge in [-0.2, -0.15) is 5.10 Å². The van der Waals surface area contributed by atoms with Gasteiger partial charge < -0.3 is 10.4 Å². The van der Waals surface area contributed by atoms with Crippen molar-refractivity contribution in [2.45, 2.75) is 18.6 Å². The zero-order valence-electron chi connectivity index (χ0n) is 13.7. The fourth-order valence-corrected chi connectivity index (χ4v) is 2.98. The van der Waals surface area contributed by atoms with Crippen molar-refractivity contribution >= 4 is 5.69 Å². The molecule has 0 amide bonds. The molecule has 3 aromatic rings. The topological polar surface area (TPSA) is 74.1 Å². The molecule has 1 aliphatic rings. The Hall–Kier alpha value is -2.97. The summed E-state index contributed by atoms with van der Waals surface area (Å²) < 4.78 is 29.0. The minimum atomic E-state index is -0.870. The Kier molecular flexibility index (Phi) is 4.27. The molecular formula is C18H17F2N5O. The van der Waals surface area contributed by atoms with Crippen LogP contribution in [0.4, 0.5) is 14.5 Å². The van der Waals surface area contributed by atoms with Gasteiger partial charge >= 0.3 is 0 Å². The summed E-state index contributed by atoms with van der Waals surface area (Å²) in [7, 11) is 0. The second-order valence-corrected chi connectivity index (χ2v) is 6.10. The number of hydrogen-bond donors (Lipinski definition) is 4. The lowest BCUT2D eigenvalue weighted by atomic mass is 10.0. The molecule has 1 aromatic heterocycles. The lowest BCUT2D eigenvalue weighted by molar-refractivity contribution is 0.427. The average Bonchev–Trinajstić information content (AvgIpc) is 3.32. The van der Waals surface area contributed by atoms with Crippen LogP contribution in [0.25, 0.3) is 5.69 Å². The van der Waals surface area contributed by atoms with E-state index in [1.807, 2.05) is 36.5 Å². The lowest BCUT2D eigenvalue weighted by Gasteiger charge is -2.15. The number of benzene rings is 2. The second-order valence-electron chi connectivity index (χ2n) is 6.10. The van der Waals surface area contributed by atoms with Crippen molar-refractivity contribution in [1.82, 2.24) is 20.6 Å². The summed E-state index contributed by atoms with van der Waals surface area (Å²) in [5.41, 5.74) is 8.19. The first-order valence-corrected chi connectivity index (χ1v) is 8.16. The Morgan fingerprint density at radius 3 is 2.65 bits per heavy atom. The molecule has 4 N–H and O–H groups in total. The van der Waals surface area contributed by atoms with Gasteiger partial charge in [0.15, 0.2) is 11.6 Å². The van der Waals surface area contributed by atoms with Crippen LogP contribution < -0.4 is 16.2 Å². The highest BCUT2D eigenvalue weighted by Gasteiger charge is 2.25. The van der Waals surface area contributed by atoms with Crippen molar-refractivity contribution in [2.75, 3.05) is 5.32 Å². The molecule has 2 heterocycles. The van der Waals surface area contributed by atoms with Crippen molar-refractivity contribution in [3.05, 3.63) is 72.1 Å². The standard InChI is InChI=1S/C18H17F2N5O/c19-13-9-17(26)14(20)8-16(13)22-18-10-15(23-24-18)11-2-4-12(5-3-11)25-7-1-6-21-25/h1-9,15,18,22-24,26H,10H2. The number of anilines is 1. The zero-order valence-corrected chi connectivity index (χ0v) is 13.7. The van der Waals surface area contributed by atoms with E-state index in [0.717, 1.165) is 23.4 Å². The van der Waals surface area contributed by atoms with E-state index >= 15 is 0 Å². The smallest absolute Gasteiger partial charge is 0.167 e. The maximum absolute atomic E-state index is 13.8. The number of halogens is 2. The Bertz CT molecular complexity index is 899. The average molecular weight is 357 g/mol. The van der Waals surface area contributed by atoms with Gasteiger partial charge in [-0.25, -0.2) is 24.3 Å². The van der Waals surface area contributed by atoms with Crippen molar-refractivity contribution in [3.63, 3.8) is 0 Å². The summed E-state index contributed by atoms with van der Waals surface area (Å²) in [6.07, 6.45) is 3.93. The number of aromatic hydroxyl groups is 1. The molecule has 1 fully saturated rings. The van der Waals surface area contributed by atoms with Crippen LogP contribution in [-0.4, -0.2) is 21.1 Å². The molecule has 2 aromatic carbocycles. The third kappa shape index (κ3) is 3.24. The first-order chi connectivity index (χ1) is 12.6. The van der Waals surface area contributed by atoms with Crippen LogP contribution >= 0.6 is 0 Å². The maximum Gasteiger partial charge on any atom is 0.167 e. The number of hydrazine groups is 1. The molecule has 0 radical (unpaired) electrons. The molecule has 8 heteroatoms. The number of phenols is 1. The highest BCUT2D eigenvalue weighted by molar-refractivity contribution is 5.49. The minimum Gasteiger partial charge on any atom is -0.505 e. The molecule has 0 aliphatic carbocycles. The molecule has 6 nitrogen and oxygen atoms in total. The van der Waals surface area contributed by atoms with Gasteiger partial charge in [0.05, 0.1) is 17.5 Å². The van der Waals surface area contributed by atoms with E-state index in [2.05, 4.69) is 21.3 Å². The molecule has 0 bridgehead atoms. The van der Waals surface area contributed by atoms with Gasteiger partial charge in [0.1, 0.15) is 5.82 Å². The monoisotopic (exact) mass is 357 g/mol. The Morgan fingerprint density at radius 1 is 1.12 bits per heavy atom. The van der Waals surface area contributed by atoms with Crippen molar-refractivity contribution in [3.8, 4) is 11.4 Å². The zero-order chi connectivity index (χ0) is 18.1. The van der Waals surface area contributed by atoms with E-state index in [-0.39, 0.29) is 17.9 Å². The number of hydrogen-bond acceptors (Lipinski definition) is 5. The van der Waals surface area contributed by atoms with Crippen LogP contribution in [0.5, 0.6) is 5.75 Å². The van der Waals surface area contributed by atoms with Gasteiger partial charge in [-0.05, 0) is 23.8 Å². The van der Waals surface area contributed by atoms with Crippen LogP contribution in [0.1, 0.15) is 18.0 Å². The van der Waals surface area contributed by atoms with E-state index in [1.165, 1.54) is 0 Å². The van der Waals surface area contributed by atoms with Crippen LogP contribution in [0.2, 0.25) is 0 Å². The molecule has 134 valence electrons. The minimum absolute atomic E-state index is 0.00530. The van der Waals surface area contributed by atoms with Crippen LogP contribution in [-0.2, 0) is 0 Å². The Balaban J connectivity index is 1.43. The molecular weight excluding hydrogens is 340 g/mol. The van der Waals surface area contributed by atoms with E-state index in [9.17, 15) is 13.9 Å². The summed E-state index contributed by atoms with van der Waals surface area (Å²) in [6.45, 7) is 0. The molecule has 2 unspecified atom stereocenters. The third-order valence-corrected chi connectivity index (χ3v) is 4.33. The summed E-state index contributed by atoms with van der Waals surface area (Å²) in [4.78, 5) is 0. The fraction of sp³-hybridized carbons (Fsp3) is 0.167. The van der Waals surface area contributed by atoms with Crippen molar-refractivity contribution in [1.29, 1.82) is 0 Å². The predicted octanol–water partition coefficient (Wildman–Crippen LogP) is 2.83. The Labute approximate surface area is 148 Å². The van der Waals surface area contributed by atoms with Crippen molar-refractivity contribution in [2.24, 2.45) is 0 Å². The molecule has 1 saturated heterocycles. The van der Waals surface area contributed by atoms with Gasteiger partial charge in [0.25, 0.3) is 0 Å². The summed E-state index contributed by atoms with van der Waals surface area (Å²) in [6, 6.07) is 11.5. The van der Waals surface area contributed by atoms with Gasteiger partial charge in [0, 0.05) is 37.0 Å². The third-order valence-electron chi connectivity index (χ3n) is 4.33. The number of aromatic nitrogens is 2. The maximum atomic E-state index is 13.8. The molecule has 2 atom stereocenters. The lowest BCUT2D eigenvalue weighted by Crippen LogP contribution is -2.36. The molecule has 0 saturated carbocycles. The number of nitrogens with zero attached hydrogens (tertiary/aromatic N) is 2. The number of nitrogens with one attached hydrogen (secondary N) is 3. The van der Waals surface area contributed by atoms with Gasteiger partial charge in [-0.3, -0.25) is 0 Å². The highest BCUT2D eigenvalue weighted by atomic mass is 19.1. The van der Waals surface area contributed by atoms with E-state index in [4.69, 9.17) is 0 Å². The van der Waals surface area contributed by atoms with Crippen LogP contribution in [0, 0.1) is 11.6 Å². The van der Waals surface area contributed by atoms with Crippen LogP contribution in [0.15, 0.2) is 54.9 Å². The van der Waals surface area contributed by atoms with Crippen LogP contribution in [0.3, 0.4) is 0 Å². The first kappa shape index (κ1) is 16.5. The normalized spacial score (nSPS) is 19.6. The fourth-order valence-electron chi connectivity index (χ4n) is 2.98. The Morgan fingerprint density at radius 2 is 1.92 bits per heavy atom. The van der Waals surface area contributed by atoms with E-state index in [1.54, 1.807) is 10.9 Å². The largest absolute Gasteiger partial charge is 0.505 e. The number of rotatable bonds is 4. The second kappa shape index (κ2) is 6.74. The molecule has 1 aliphatic heterocycles. The van der Waals surface area contributed by atoms with E-state index < -0.39 is 17.4 Å². The van der Waals surface area contributed by atoms with Gasteiger partial charge in [-0.15, -0.1) is 0 Å². The summed E-state index contributed by atoms with van der Waals surface area (Å²) in [5.74, 6) is -2.29. The van der Waals surface area contributed by atoms with E-state index in [0.29, 0.717) is 6.42 Å². The molecule has 4 rings (SSSR count). The summed E-state index contributed by atoms with van der Waals surface area (Å²) in [5, 5.41) is 16.3. The van der Waals surface area contributed by atoms with Crippen molar-refractivity contribution < 1.29 is 13.9 Å². The predicted molar refractivity (Wildman–Crippen MR) is 92.6 cm³/mol. The number of phenolic OH excluding ortho intramolecular Hbond substituents is 1. The van der Waals surface area contributed by atoms with Gasteiger partial charge in [0.2, 0.25) is 0 Å².